The summed E-state index contributed by atoms with van der Waals surface area (Å²) in [6.07, 6.45) is 2.30. The maximum absolute atomic E-state index is 3.94. The summed E-state index contributed by atoms with van der Waals surface area (Å²) in [5, 5.41) is 6.50. The Bertz CT molecular complexity index is 486. The van der Waals surface area contributed by atoms with Gasteiger partial charge in [0.05, 0.1) is 0 Å². The zero-order valence-corrected chi connectivity index (χ0v) is 12.3. The fourth-order valence-corrected chi connectivity index (χ4v) is 6.09. The van der Waals surface area contributed by atoms with Crippen molar-refractivity contribution in [2.75, 3.05) is 0 Å². The lowest BCUT2D eigenvalue weighted by Gasteiger charge is -2.26. The standard InChI is InChI=1S/C12H9BrS3/c13-12(11-4-2-7-15-11)9(5-8-16-12)10-3-1-6-14-10/h1-9H/t9-,12-/m1/s1. The first-order valence-electron chi connectivity index (χ1n) is 4.91. The minimum atomic E-state index is 0.00597. The Labute approximate surface area is 116 Å². The number of rotatable bonds is 2. The normalized spacial score (nSPS) is 28.7. The average Bonchev–Trinajstić information content (AvgIpc) is 2.99. The van der Waals surface area contributed by atoms with Gasteiger partial charge in [-0.2, -0.15) is 0 Å². The second-order valence-electron chi connectivity index (χ2n) is 3.56. The predicted octanol–water partition coefficient (Wildman–Crippen LogP) is 5.40. The molecule has 3 rings (SSSR count). The first kappa shape index (κ1) is 11.1. The van der Waals surface area contributed by atoms with Crippen LogP contribution in [0, 0.1) is 0 Å². The van der Waals surface area contributed by atoms with E-state index in [9.17, 15) is 0 Å². The lowest BCUT2D eigenvalue weighted by molar-refractivity contribution is 0.817. The van der Waals surface area contributed by atoms with E-state index in [1.54, 1.807) is 0 Å². The molecule has 1 aliphatic heterocycles. The summed E-state index contributed by atoms with van der Waals surface area (Å²) in [6, 6.07) is 8.67. The maximum atomic E-state index is 3.94. The lowest BCUT2D eigenvalue weighted by atomic mass is 10.0. The van der Waals surface area contributed by atoms with E-state index >= 15 is 0 Å². The molecule has 2 atom stereocenters. The number of thioether (sulfide) groups is 1. The van der Waals surface area contributed by atoms with Crippen molar-refractivity contribution in [1.82, 2.24) is 0 Å². The van der Waals surface area contributed by atoms with Gasteiger partial charge in [0.1, 0.15) is 3.66 Å². The Morgan fingerprint density at radius 1 is 1.12 bits per heavy atom. The molecule has 0 saturated heterocycles. The van der Waals surface area contributed by atoms with Crippen LogP contribution < -0.4 is 0 Å². The van der Waals surface area contributed by atoms with Gasteiger partial charge in [-0.1, -0.05) is 34.1 Å². The fourth-order valence-electron chi connectivity index (χ4n) is 1.84. The van der Waals surface area contributed by atoms with Crippen molar-refractivity contribution in [1.29, 1.82) is 0 Å². The minimum absolute atomic E-state index is 0.00597. The highest BCUT2D eigenvalue weighted by molar-refractivity contribution is 9.11. The average molecular weight is 329 g/mol. The summed E-state index contributed by atoms with van der Waals surface area (Å²) in [5.41, 5.74) is 0. The van der Waals surface area contributed by atoms with Crippen molar-refractivity contribution in [3.63, 3.8) is 0 Å². The first-order valence-corrected chi connectivity index (χ1v) is 8.35. The molecule has 0 aliphatic carbocycles. The van der Waals surface area contributed by atoms with Crippen LogP contribution >= 0.6 is 50.4 Å². The van der Waals surface area contributed by atoms with Gasteiger partial charge in [-0.15, -0.1) is 34.4 Å². The molecule has 1 aliphatic rings. The molecule has 0 bridgehead atoms. The molecule has 0 N–H and O–H groups in total. The number of hydrogen-bond donors (Lipinski definition) is 0. The van der Waals surface area contributed by atoms with Gasteiger partial charge < -0.3 is 0 Å². The quantitative estimate of drug-likeness (QED) is 0.665. The number of thiophene rings is 2. The van der Waals surface area contributed by atoms with Crippen molar-refractivity contribution >= 4 is 50.4 Å². The number of alkyl halides is 1. The molecule has 0 fully saturated rings. The summed E-state index contributed by atoms with van der Waals surface area (Å²) in [4.78, 5) is 2.81. The molecule has 0 nitrogen and oxygen atoms in total. The van der Waals surface area contributed by atoms with Gasteiger partial charge in [0.15, 0.2) is 0 Å². The number of hydrogen-bond acceptors (Lipinski definition) is 3. The maximum Gasteiger partial charge on any atom is 0.120 e. The Morgan fingerprint density at radius 2 is 1.94 bits per heavy atom. The summed E-state index contributed by atoms with van der Waals surface area (Å²) in [7, 11) is 0. The predicted molar refractivity (Wildman–Crippen MR) is 78.7 cm³/mol. The van der Waals surface area contributed by atoms with E-state index < -0.39 is 0 Å². The lowest BCUT2D eigenvalue weighted by Crippen LogP contribution is -2.16. The summed E-state index contributed by atoms with van der Waals surface area (Å²) in [6.45, 7) is 0. The van der Waals surface area contributed by atoms with E-state index in [2.05, 4.69) is 62.4 Å². The zero-order valence-electron chi connectivity index (χ0n) is 8.30. The van der Waals surface area contributed by atoms with E-state index in [0.717, 1.165) is 0 Å². The van der Waals surface area contributed by atoms with Gasteiger partial charge in [0.25, 0.3) is 0 Å². The van der Waals surface area contributed by atoms with Crippen molar-refractivity contribution in [3.8, 4) is 0 Å². The number of halogens is 1. The second-order valence-corrected chi connectivity index (χ2v) is 8.42. The van der Waals surface area contributed by atoms with Crippen LogP contribution in [-0.4, -0.2) is 0 Å². The summed E-state index contributed by atoms with van der Waals surface area (Å²) < 4.78 is 0.00597. The molecule has 2 aromatic heterocycles. The highest BCUT2D eigenvalue weighted by atomic mass is 79.9. The van der Waals surface area contributed by atoms with Crippen LogP contribution in [0.15, 0.2) is 46.5 Å². The molecule has 82 valence electrons. The third kappa shape index (κ3) is 1.72. The Kier molecular flexibility index (Phi) is 3.00. The van der Waals surface area contributed by atoms with Gasteiger partial charge in [-0.25, -0.2) is 0 Å². The topological polar surface area (TPSA) is 0 Å². The second kappa shape index (κ2) is 4.33. The Hall–Kier alpha value is -0.0300. The molecular formula is C12H9BrS3. The molecule has 16 heavy (non-hydrogen) atoms. The van der Waals surface area contributed by atoms with E-state index in [4.69, 9.17) is 0 Å². The number of allylic oxidation sites excluding steroid dienone is 1. The highest BCUT2D eigenvalue weighted by Gasteiger charge is 2.42. The summed E-state index contributed by atoms with van der Waals surface area (Å²) in [5.74, 6) is 0.441. The van der Waals surface area contributed by atoms with Gasteiger partial charge in [-0.05, 0) is 28.3 Å². The highest BCUT2D eigenvalue weighted by Crippen LogP contribution is 2.59. The van der Waals surface area contributed by atoms with Crippen molar-refractivity contribution < 1.29 is 0 Å². The molecule has 3 heterocycles. The van der Waals surface area contributed by atoms with Crippen LogP contribution in [0.1, 0.15) is 15.7 Å². The molecule has 4 heteroatoms. The molecule has 0 radical (unpaired) electrons. The third-order valence-corrected chi connectivity index (χ3v) is 7.56. The van der Waals surface area contributed by atoms with Crippen LogP contribution in [0.3, 0.4) is 0 Å². The molecule has 0 aromatic carbocycles. The van der Waals surface area contributed by atoms with Gasteiger partial charge in [0, 0.05) is 15.7 Å². The molecule has 0 saturated carbocycles. The molecule has 0 spiro atoms. The van der Waals surface area contributed by atoms with Gasteiger partial charge in [-0.3, -0.25) is 0 Å². The monoisotopic (exact) mass is 328 g/mol. The summed E-state index contributed by atoms with van der Waals surface area (Å²) >= 11 is 9.45. The molecule has 0 unspecified atom stereocenters. The van der Waals surface area contributed by atoms with Crippen LogP contribution in [0.2, 0.25) is 0 Å². The van der Waals surface area contributed by atoms with Gasteiger partial charge >= 0.3 is 0 Å². The van der Waals surface area contributed by atoms with Crippen LogP contribution in [0.5, 0.6) is 0 Å². The van der Waals surface area contributed by atoms with Crippen LogP contribution in [0.25, 0.3) is 0 Å². The van der Waals surface area contributed by atoms with Crippen molar-refractivity contribution in [2.24, 2.45) is 0 Å². The largest absolute Gasteiger partial charge is 0.148 e. The van der Waals surface area contributed by atoms with E-state index in [1.165, 1.54) is 9.75 Å². The van der Waals surface area contributed by atoms with E-state index in [0.29, 0.717) is 5.92 Å². The molecule has 0 amide bonds. The first-order chi connectivity index (χ1) is 7.81. The van der Waals surface area contributed by atoms with Gasteiger partial charge in [0.2, 0.25) is 0 Å². The van der Waals surface area contributed by atoms with Crippen molar-refractivity contribution in [3.05, 3.63) is 56.3 Å². The van der Waals surface area contributed by atoms with Crippen LogP contribution in [-0.2, 0) is 3.66 Å². The Morgan fingerprint density at radius 3 is 2.62 bits per heavy atom. The smallest absolute Gasteiger partial charge is 0.120 e. The third-order valence-electron chi connectivity index (χ3n) is 2.62. The van der Waals surface area contributed by atoms with Crippen LogP contribution in [0.4, 0.5) is 0 Å². The fraction of sp³-hybridized carbons (Fsp3) is 0.167. The van der Waals surface area contributed by atoms with E-state index in [-0.39, 0.29) is 3.66 Å². The van der Waals surface area contributed by atoms with Crippen molar-refractivity contribution in [2.45, 2.75) is 9.57 Å². The van der Waals surface area contributed by atoms with E-state index in [1.807, 2.05) is 34.4 Å². The zero-order chi connectivity index (χ0) is 11.0. The molecule has 2 aromatic rings. The Balaban J connectivity index is 2.03. The molecular weight excluding hydrogens is 320 g/mol. The SMILES string of the molecule is Br[C@@]1(c2cccs2)SC=C[C@@H]1c1cccs1. The minimum Gasteiger partial charge on any atom is -0.148 e.